The lowest BCUT2D eigenvalue weighted by molar-refractivity contribution is -0.137. The molecule has 3 aromatic rings. The number of alkyl halides is 3. The standard InChI is InChI=1S/C20H15F3N2O3/c21-20(22,23)13-6-10-15(11-7-13)28-14-8-4-12(5-9-14)16-2-1-3-17(25-16)18(26)19(24)27/h1-11,18,26H,(H2,24,27)/t18-/m0/s1. The van der Waals surface area contributed by atoms with E-state index in [1.807, 2.05) is 0 Å². The lowest BCUT2D eigenvalue weighted by Gasteiger charge is -2.10. The fraction of sp³-hybridized carbons (Fsp3) is 0.100. The van der Waals surface area contributed by atoms with Crippen molar-refractivity contribution in [3.63, 3.8) is 0 Å². The summed E-state index contributed by atoms with van der Waals surface area (Å²) in [7, 11) is 0. The van der Waals surface area contributed by atoms with E-state index in [4.69, 9.17) is 10.5 Å². The molecule has 2 aromatic carbocycles. The Bertz CT molecular complexity index is 971. The van der Waals surface area contributed by atoms with Crippen molar-refractivity contribution in [2.24, 2.45) is 5.73 Å². The number of nitrogens with two attached hydrogens (primary N) is 1. The smallest absolute Gasteiger partial charge is 0.416 e. The molecule has 0 saturated carbocycles. The highest BCUT2D eigenvalue weighted by Crippen LogP contribution is 2.31. The van der Waals surface area contributed by atoms with Gasteiger partial charge >= 0.3 is 6.18 Å². The van der Waals surface area contributed by atoms with Crippen LogP contribution in [0.4, 0.5) is 13.2 Å². The van der Waals surface area contributed by atoms with Crippen LogP contribution in [0.25, 0.3) is 11.3 Å². The molecule has 0 saturated heterocycles. The maximum atomic E-state index is 12.6. The Morgan fingerprint density at radius 2 is 1.54 bits per heavy atom. The van der Waals surface area contributed by atoms with Crippen LogP contribution in [0.2, 0.25) is 0 Å². The molecule has 5 nitrogen and oxygen atoms in total. The molecule has 0 aliphatic rings. The Hall–Kier alpha value is -3.39. The Labute approximate surface area is 158 Å². The average molecular weight is 388 g/mol. The molecule has 3 rings (SSSR count). The lowest BCUT2D eigenvalue weighted by atomic mass is 10.1. The number of pyridine rings is 1. The molecule has 0 spiro atoms. The Morgan fingerprint density at radius 1 is 0.964 bits per heavy atom. The molecule has 1 heterocycles. The zero-order chi connectivity index (χ0) is 20.3. The summed E-state index contributed by atoms with van der Waals surface area (Å²) in [5.74, 6) is -0.202. The van der Waals surface area contributed by atoms with E-state index >= 15 is 0 Å². The number of amides is 1. The number of nitrogens with zero attached hydrogens (tertiary/aromatic N) is 1. The number of primary amides is 1. The molecule has 0 unspecified atom stereocenters. The minimum atomic E-state index is -4.40. The zero-order valence-corrected chi connectivity index (χ0v) is 14.4. The molecule has 0 bridgehead atoms. The van der Waals surface area contributed by atoms with E-state index in [1.54, 1.807) is 36.4 Å². The molecule has 0 fully saturated rings. The van der Waals surface area contributed by atoms with Gasteiger partial charge in [-0.1, -0.05) is 6.07 Å². The summed E-state index contributed by atoms with van der Waals surface area (Å²) in [6.07, 6.45) is -5.90. The summed E-state index contributed by atoms with van der Waals surface area (Å²) < 4.78 is 43.3. The molecule has 0 aliphatic carbocycles. The van der Waals surface area contributed by atoms with Crippen molar-refractivity contribution < 1.29 is 27.8 Å². The maximum absolute atomic E-state index is 12.6. The van der Waals surface area contributed by atoms with Gasteiger partial charge in [0.2, 0.25) is 0 Å². The molecule has 28 heavy (non-hydrogen) atoms. The van der Waals surface area contributed by atoms with Gasteiger partial charge < -0.3 is 15.6 Å². The number of benzene rings is 2. The van der Waals surface area contributed by atoms with Crippen molar-refractivity contribution in [1.82, 2.24) is 4.98 Å². The van der Waals surface area contributed by atoms with Crippen molar-refractivity contribution in [3.05, 3.63) is 78.0 Å². The first kappa shape index (κ1) is 19.4. The van der Waals surface area contributed by atoms with Crippen LogP contribution in [-0.2, 0) is 11.0 Å². The van der Waals surface area contributed by atoms with Crippen LogP contribution in [0.5, 0.6) is 11.5 Å². The molecular weight excluding hydrogens is 373 g/mol. The van der Waals surface area contributed by atoms with Crippen molar-refractivity contribution in [3.8, 4) is 22.8 Å². The summed E-state index contributed by atoms with van der Waals surface area (Å²) >= 11 is 0. The van der Waals surface area contributed by atoms with Crippen molar-refractivity contribution in [2.45, 2.75) is 12.3 Å². The summed E-state index contributed by atoms with van der Waals surface area (Å²) in [4.78, 5) is 15.3. The van der Waals surface area contributed by atoms with E-state index in [0.29, 0.717) is 17.0 Å². The molecule has 0 aliphatic heterocycles. The second-order valence-electron chi connectivity index (χ2n) is 5.90. The number of carbonyl (C=O) groups excluding carboxylic acids is 1. The van der Waals surface area contributed by atoms with Crippen LogP contribution >= 0.6 is 0 Å². The van der Waals surface area contributed by atoms with E-state index in [0.717, 1.165) is 12.1 Å². The molecule has 0 radical (unpaired) electrons. The summed E-state index contributed by atoms with van der Waals surface area (Å²) in [6, 6.07) is 15.9. The Morgan fingerprint density at radius 3 is 2.07 bits per heavy atom. The summed E-state index contributed by atoms with van der Waals surface area (Å²) in [5, 5.41) is 9.72. The predicted molar refractivity (Wildman–Crippen MR) is 95.3 cm³/mol. The highest BCUT2D eigenvalue weighted by Gasteiger charge is 2.30. The number of halogens is 3. The van der Waals surface area contributed by atoms with E-state index in [-0.39, 0.29) is 11.4 Å². The number of aliphatic hydroxyl groups is 1. The first-order valence-corrected chi connectivity index (χ1v) is 8.14. The predicted octanol–water partition coefficient (Wildman–Crippen LogP) is 4.08. The minimum absolute atomic E-state index is 0.134. The van der Waals surface area contributed by atoms with Gasteiger partial charge in [0.1, 0.15) is 11.5 Å². The number of rotatable bonds is 5. The van der Waals surface area contributed by atoms with Crippen LogP contribution in [0.15, 0.2) is 66.7 Å². The Kier molecular flexibility index (Phi) is 5.32. The normalized spacial score (nSPS) is 12.4. The molecule has 144 valence electrons. The highest BCUT2D eigenvalue weighted by atomic mass is 19.4. The van der Waals surface area contributed by atoms with Gasteiger partial charge in [-0.3, -0.25) is 4.79 Å². The van der Waals surface area contributed by atoms with E-state index in [2.05, 4.69) is 4.98 Å². The third kappa shape index (κ3) is 4.47. The van der Waals surface area contributed by atoms with Crippen LogP contribution in [-0.4, -0.2) is 16.0 Å². The van der Waals surface area contributed by atoms with Crippen molar-refractivity contribution in [1.29, 1.82) is 0 Å². The van der Waals surface area contributed by atoms with Crippen molar-refractivity contribution in [2.75, 3.05) is 0 Å². The third-order valence-corrected chi connectivity index (χ3v) is 3.89. The first-order valence-electron chi connectivity index (χ1n) is 8.14. The maximum Gasteiger partial charge on any atom is 0.416 e. The topological polar surface area (TPSA) is 85.4 Å². The van der Waals surface area contributed by atoms with Gasteiger partial charge in [0, 0.05) is 5.56 Å². The number of aliphatic hydroxyl groups excluding tert-OH is 1. The van der Waals surface area contributed by atoms with Gasteiger partial charge in [-0.2, -0.15) is 13.2 Å². The highest BCUT2D eigenvalue weighted by molar-refractivity contribution is 5.79. The van der Waals surface area contributed by atoms with Crippen LogP contribution in [0.3, 0.4) is 0 Å². The molecular formula is C20H15F3N2O3. The SMILES string of the molecule is NC(=O)[C@@H](O)c1cccc(-c2ccc(Oc3ccc(C(F)(F)F)cc3)cc2)n1. The fourth-order valence-electron chi connectivity index (χ4n) is 2.45. The van der Waals surface area contributed by atoms with Gasteiger partial charge in [-0.15, -0.1) is 0 Å². The Balaban J connectivity index is 1.75. The monoisotopic (exact) mass is 388 g/mol. The largest absolute Gasteiger partial charge is 0.457 e. The zero-order valence-electron chi connectivity index (χ0n) is 14.4. The van der Waals surface area contributed by atoms with Crippen LogP contribution < -0.4 is 10.5 Å². The number of hydrogen-bond acceptors (Lipinski definition) is 4. The third-order valence-electron chi connectivity index (χ3n) is 3.89. The van der Waals surface area contributed by atoms with Gasteiger partial charge in [0.25, 0.3) is 5.91 Å². The molecule has 1 atom stereocenters. The molecule has 1 aromatic heterocycles. The summed E-state index contributed by atoms with van der Waals surface area (Å²) in [5.41, 5.74) is 5.66. The fourth-order valence-corrected chi connectivity index (χ4v) is 2.45. The van der Waals surface area contributed by atoms with Gasteiger partial charge in [-0.05, 0) is 60.7 Å². The first-order chi connectivity index (χ1) is 13.2. The van der Waals surface area contributed by atoms with E-state index < -0.39 is 23.8 Å². The number of carbonyl (C=O) groups is 1. The van der Waals surface area contributed by atoms with Crippen LogP contribution in [0, 0.1) is 0 Å². The second-order valence-corrected chi connectivity index (χ2v) is 5.90. The quantitative estimate of drug-likeness (QED) is 0.690. The second kappa shape index (κ2) is 7.69. The van der Waals surface area contributed by atoms with Crippen molar-refractivity contribution >= 4 is 5.91 Å². The van der Waals surface area contributed by atoms with Gasteiger partial charge in [-0.25, -0.2) is 4.98 Å². The summed E-state index contributed by atoms with van der Waals surface area (Å²) in [6.45, 7) is 0. The van der Waals surface area contributed by atoms with Gasteiger partial charge in [0.05, 0.1) is 17.0 Å². The van der Waals surface area contributed by atoms with E-state index in [9.17, 15) is 23.1 Å². The number of ether oxygens (including phenoxy) is 1. The van der Waals surface area contributed by atoms with E-state index in [1.165, 1.54) is 18.2 Å². The number of hydrogen-bond donors (Lipinski definition) is 2. The molecule has 1 amide bonds. The van der Waals surface area contributed by atoms with Gasteiger partial charge in [0.15, 0.2) is 6.10 Å². The molecule has 8 heteroatoms. The van der Waals surface area contributed by atoms with Crippen LogP contribution in [0.1, 0.15) is 17.4 Å². The number of aromatic nitrogens is 1. The minimum Gasteiger partial charge on any atom is -0.457 e. The lowest BCUT2D eigenvalue weighted by Crippen LogP contribution is -2.21. The molecule has 3 N–H and O–H groups in total. The average Bonchev–Trinajstić information content (AvgIpc) is 2.68.